The molecule has 5 nitrogen and oxygen atoms in total. The van der Waals surface area contributed by atoms with Crippen LogP contribution in [0.2, 0.25) is 0 Å². The third kappa shape index (κ3) is 3.22. The fourth-order valence-corrected chi connectivity index (χ4v) is 2.20. The number of hydrogen-bond acceptors (Lipinski definition) is 3. The second-order valence-electron chi connectivity index (χ2n) is 4.40. The molecule has 2 aromatic rings. The van der Waals surface area contributed by atoms with Crippen LogP contribution in [0.4, 0.5) is 5.69 Å². The second kappa shape index (κ2) is 5.97. The Morgan fingerprint density at radius 3 is 2.52 bits per heavy atom. The van der Waals surface area contributed by atoms with E-state index in [2.05, 4.69) is 21.2 Å². The molecule has 1 amide bonds. The third-order valence-electron chi connectivity index (χ3n) is 3.00. The number of benzene rings is 2. The van der Waals surface area contributed by atoms with Gasteiger partial charge in [0.15, 0.2) is 0 Å². The lowest BCUT2D eigenvalue weighted by Gasteiger charge is -2.10. The van der Waals surface area contributed by atoms with Gasteiger partial charge in [-0.05, 0) is 42.8 Å². The maximum atomic E-state index is 12.2. The van der Waals surface area contributed by atoms with Gasteiger partial charge in [-0.25, -0.2) is 4.79 Å². The maximum absolute atomic E-state index is 12.2. The molecule has 0 aliphatic rings. The molecule has 21 heavy (non-hydrogen) atoms. The first-order valence-electron chi connectivity index (χ1n) is 6.03. The SMILES string of the molecule is Cc1c(Br)cccc1C(=O)Nc1ccc(O)c(C(=O)O)c1. The Balaban J connectivity index is 2.30. The average Bonchev–Trinajstić information content (AvgIpc) is 2.43. The zero-order valence-corrected chi connectivity index (χ0v) is 12.6. The smallest absolute Gasteiger partial charge is 0.339 e. The number of carboxylic acids is 1. The monoisotopic (exact) mass is 349 g/mol. The van der Waals surface area contributed by atoms with Crippen LogP contribution in [0.3, 0.4) is 0 Å². The molecule has 2 aromatic carbocycles. The average molecular weight is 350 g/mol. The van der Waals surface area contributed by atoms with Crippen molar-refractivity contribution in [2.45, 2.75) is 6.92 Å². The van der Waals surface area contributed by atoms with Crippen LogP contribution in [0.25, 0.3) is 0 Å². The van der Waals surface area contributed by atoms with Crippen LogP contribution < -0.4 is 5.32 Å². The summed E-state index contributed by atoms with van der Waals surface area (Å²) in [5, 5.41) is 21.0. The minimum absolute atomic E-state index is 0.265. The van der Waals surface area contributed by atoms with Crippen LogP contribution in [-0.2, 0) is 0 Å². The molecule has 0 heterocycles. The summed E-state index contributed by atoms with van der Waals surface area (Å²) in [5.74, 6) is -1.96. The van der Waals surface area contributed by atoms with E-state index in [1.807, 2.05) is 6.07 Å². The first-order valence-corrected chi connectivity index (χ1v) is 6.82. The fraction of sp³-hybridized carbons (Fsp3) is 0.0667. The molecule has 0 aliphatic carbocycles. The van der Waals surface area contributed by atoms with E-state index in [1.165, 1.54) is 18.2 Å². The second-order valence-corrected chi connectivity index (χ2v) is 5.26. The zero-order chi connectivity index (χ0) is 15.6. The number of aromatic hydroxyl groups is 1. The number of halogens is 1. The molecule has 0 saturated carbocycles. The number of hydrogen-bond donors (Lipinski definition) is 3. The molecule has 2 rings (SSSR count). The molecule has 0 aliphatic heterocycles. The standard InChI is InChI=1S/C15H12BrNO4/c1-8-10(3-2-4-12(8)16)14(19)17-9-5-6-13(18)11(7-9)15(20)21/h2-7,18H,1H3,(H,17,19)(H,20,21). The van der Waals surface area contributed by atoms with Gasteiger partial charge >= 0.3 is 5.97 Å². The summed E-state index contributed by atoms with van der Waals surface area (Å²) in [6.07, 6.45) is 0. The van der Waals surface area contributed by atoms with E-state index in [0.29, 0.717) is 11.3 Å². The minimum Gasteiger partial charge on any atom is -0.507 e. The summed E-state index contributed by atoms with van der Waals surface area (Å²) in [6.45, 7) is 1.80. The normalized spacial score (nSPS) is 10.2. The van der Waals surface area contributed by atoms with Crippen LogP contribution in [0.15, 0.2) is 40.9 Å². The van der Waals surface area contributed by atoms with Crippen LogP contribution in [0, 0.1) is 6.92 Å². The molecule has 108 valence electrons. The number of aromatic carboxylic acids is 1. The highest BCUT2D eigenvalue weighted by molar-refractivity contribution is 9.10. The van der Waals surface area contributed by atoms with Crippen LogP contribution >= 0.6 is 15.9 Å². The Kier molecular flexibility index (Phi) is 4.28. The van der Waals surface area contributed by atoms with Crippen LogP contribution in [-0.4, -0.2) is 22.1 Å². The van der Waals surface area contributed by atoms with Gasteiger partial charge in [-0.2, -0.15) is 0 Å². The summed E-state index contributed by atoms with van der Waals surface area (Å²) in [5.41, 5.74) is 1.30. The summed E-state index contributed by atoms with van der Waals surface area (Å²) in [6, 6.07) is 9.12. The molecule has 3 N–H and O–H groups in total. The molecule has 0 radical (unpaired) electrons. The van der Waals surface area contributed by atoms with Crippen molar-refractivity contribution in [2.75, 3.05) is 5.32 Å². The summed E-state index contributed by atoms with van der Waals surface area (Å²) in [7, 11) is 0. The van der Waals surface area contributed by atoms with Crippen molar-refractivity contribution in [1.29, 1.82) is 0 Å². The third-order valence-corrected chi connectivity index (χ3v) is 3.86. The number of phenols is 1. The number of amides is 1. The predicted molar refractivity (Wildman–Crippen MR) is 81.9 cm³/mol. The molecule has 0 fully saturated rings. The Hall–Kier alpha value is -2.34. The van der Waals surface area contributed by atoms with Crippen molar-refractivity contribution in [3.8, 4) is 5.75 Å². The van der Waals surface area contributed by atoms with Crippen LogP contribution in [0.5, 0.6) is 5.75 Å². The van der Waals surface area contributed by atoms with E-state index in [-0.39, 0.29) is 17.2 Å². The lowest BCUT2D eigenvalue weighted by atomic mass is 10.1. The quantitative estimate of drug-likeness (QED) is 0.741. The minimum atomic E-state index is -1.26. The number of carbonyl (C=O) groups excluding carboxylic acids is 1. The van der Waals surface area contributed by atoms with Gasteiger partial charge in [0.1, 0.15) is 11.3 Å². The molecule has 0 aromatic heterocycles. The van der Waals surface area contributed by atoms with Crippen molar-refractivity contribution < 1.29 is 19.8 Å². The Morgan fingerprint density at radius 2 is 1.86 bits per heavy atom. The molecule has 0 bridgehead atoms. The van der Waals surface area contributed by atoms with E-state index >= 15 is 0 Å². The first-order chi connectivity index (χ1) is 9.90. The summed E-state index contributed by atoms with van der Waals surface area (Å²) in [4.78, 5) is 23.2. The van der Waals surface area contributed by atoms with Gasteiger partial charge in [0.25, 0.3) is 5.91 Å². The van der Waals surface area contributed by atoms with Crippen LogP contribution in [0.1, 0.15) is 26.3 Å². The first kappa shape index (κ1) is 15.1. The molecule has 0 spiro atoms. The lowest BCUT2D eigenvalue weighted by Crippen LogP contribution is -2.14. The van der Waals surface area contributed by atoms with Crippen molar-refractivity contribution in [1.82, 2.24) is 0 Å². The van der Waals surface area contributed by atoms with Gasteiger partial charge in [0, 0.05) is 15.7 Å². The Morgan fingerprint density at radius 1 is 1.14 bits per heavy atom. The van der Waals surface area contributed by atoms with Gasteiger partial charge in [0.05, 0.1) is 0 Å². The topological polar surface area (TPSA) is 86.6 Å². The number of anilines is 1. The molecular weight excluding hydrogens is 338 g/mol. The van der Waals surface area contributed by atoms with E-state index in [0.717, 1.165) is 10.0 Å². The summed E-state index contributed by atoms with van der Waals surface area (Å²) < 4.78 is 0.812. The molecule has 0 atom stereocenters. The van der Waals surface area contributed by atoms with Crippen molar-refractivity contribution >= 4 is 33.5 Å². The summed E-state index contributed by atoms with van der Waals surface area (Å²) >= 11 is 3.35. The highest BCUT2D eigenvalue weighted by Crippen LogP contribution is 2.23. The number of carboxylic acid groups (broad SMARTS) is 1. The van der Waals surface area contributed by atoms with Crippen molar-refractivity contribution in [2.24, 2.45) is 0 Å². The van der Waals surface area contributed by atoms with Gasteiger partial charge in [0.2, 0.25) is 0 Å². The number of nitrogens with one attached hydrogen (secondary N) is 1. The molecular formula is C15H12BrNO4. The Bertz CT molecular complexity index is 728. The van der Waals surface area contributed by atoms with Gasteiger partial charge in [-0.3, -0.25) is 4.79 Å². The predicted octanol–water partition coefficient (Wildman–Crippen LogP) is 3.41. The van der Waals surface area contributed by atoms with Gasteiger partial charge in [-0.15, -0.1) is 0 Å². The van der Waals surface area contributed by atoms with Gasteiger partial charge in [-0.1, -0.05) is 22.0 Å². The lowest BCUT2D eigenvalue weighted by molar-refractivity contribution is 0.0693. The number of carbonyl (C=O) groups is 2. The molecule has 0 unspecified atom stereocenters. The van der Waals surface area contributed by atoms with Gasteiger partial charge < -0.3 is 15.5 Å². The largest absolute Gasteiger partial charge is 0.507 e. The Labute approximate surface area is 129 Å². The van der Waals surface area contributed by atoms with E-state index in [1.54, 1.807) is 19.1 Å². The highest BCUT2D eigenvalue weighted by Gasteiger charge is 2.14. The van der Waals surface area contributed by atoms with E-state index in [9.17, 15) is 14.7 Å². The zero-order valence-electron chi connectivity index (χ0n) is 11.1. The maximum Gasteiger partial charge on any atom is 0.339 e. The molecule has 6 heteroatoms. The van der Waals surface area contributed by atoms with E-state index < -0.39 is 5.97 Å². The molecule has 0 saturated heterocycles. The highest BCUT2D eigenvalue weighted by atomic mass is 79.9. The van der Waals surface area contributed by atoms with Crippen molar-refractivity contribution in [3.05, 3.63) is 57.6 Å². The van der Waals surface area contributed by atoms with Crippen molar-refractivity contribution in [3.63, 3.8) is 0 Å². The fourth-order valence-electron chi connectivity index (χ4n) is 1.84. The van der Waals surface area contributed by atoms with E-state index in [4.69, 9.17) is 5.11 Å². The number of rotatable bonds is 3.